The molecule has 1 amide bonds. The number of amides is 1. The van der Waals surface area contributed by atoms with E-state index in [-0.39, 0.29) is 0 Å². The summed E-state index contributed by atoms with van der Waals surface area (Å²) in [7, 11) is 0. The van der Waals surface area contributed by atoms with Crippen molar-refractivity contribution in [2.45, 2.75) is 19.1 Å². The first-order valence-corrected chi connectivity index (χ1v) is 5.68. The number of carbonyl (C=O) groups excluding carboxylic acids is 1. The summed E-state index contributed by atoms with van der Waals surface area (Å²) in [6, 6.07) is 5.22. The van der Waals surface area contributed by atoms with E-state index in [9.17, 15) is 14.7 Å². The number of benzene rings is 1. The molecule has 3 N–H and O–H groups in total. The van der Waals surface area contributed by atoms with Crippen LogP contribution in [0.1, 0.15) is 17.3 Å². The standard InChI is InChI=1S/C11H12BrNO4/c1-6(14)9(11(16)17)13-10(15)7-3-2-4-8(12)5-7/h2-6,9,14H,1H3,(H,13,15)(H,16,17). The topological polar surface area (TPSA) is 86.6 Å². The fraction of sp³-hybridized carbons (Fsp3) is 0.273. The van der Waals surface area contributed by atoms with E-state index in [0.717, 1.165) is 0 Å². The van der Waals surface area contributed by atoms with Crippen LogP contribution < -0.4 is 5.32 Å². The van der Waals surface area contributed by atoms with Gasteiger partial charge in [-0.15, -0.1) is 0 Å². The molecule has 5 nitrogen and oxygen atoms in total. The molecule has 1 aromatic rings. The van der Waals surface area contributed by atoms with Crippen LogP contribution in [-0.2, 0) is 4.79 Å². The first-order chi connectivity index (χ1) is 7.91. The lowest BCUT2D eigenvalue weighted by molar-refractivity contribution is -0.141. The number of hydrogen-bond acceptors (Lipinski definition) is 3. The van der Waals surface area contributed by atoms with Crippen molar-refractivity contribution in [2.75, 3.05) is 0 Å². The number of aliphatic carboxylic acids is 1. The Hall–Kier alpha value is -1.40. The van der Waals surface area contributed by atoms with Gasteiger partial charge in [0, 0.05) is 10.0 Å². The lowest BCUT2D eigenvalue weighted by Gasteiger charge is -2.16. The number of nitrogens with one attached hydrogen (secondary N) is 1. The van der Waals surface area contributed by atoms with Gasteiger partial charge in [0.25, 0.3) is 5.91 Å². The second-order valence-electron chi connectivity index (χ2n) is 3.54. The van der Waals surface area contributed by atoms with Gasteiger partial charge in [0.05, 0.1) is 6.10 Å². The van der Waals surface area contributed by atoms with Crippen LogP contribution in [0.25, 0.3) is 0 Å². The fourth-order valence-electron chi connectivity index (χ4n) is 1.24. The number of carboxylic acids is 1. The second-order valence-corrected chi connectivity index (χ2v) is 4.46. The Balaban J connectivity index is 2.81. The molecular formula is C11H12BrNO4. The van der Waals surface area contributed by atoms with Crippen molar-refractivity contribution in [1.82, 2.24) is 5.32 Å². The van der Waals surface area contributed by atoms with Crippen molar-refractivity contribution in [2.24, 2.45) is 0 Å². The third kappa shape index (κ3) is 3.83. The normalized spacial score (nSPS) is 13.8. The van der Waals surface area contributed by atoms with E-state index in [1.165, 1.54) is 6.92 Å². The van der Waals surface area contributed by atoms with E-state index >= 15 is 0 Å². The van der Waals surface area contributed by atoms with Gasteiger partial charge in [-0.3, -0.25) is 4.79 Å². The number of hydrogen-bond donors (Lipinski definition) is 3. The Bertz CT molecular complexity index is 433. The third-order valence-corrected chi connectivity index (χ3v) is 2.62. The van der Waals surface area contributed by atoms with Gasteiger partial charge in [-0.25, -0.2) is 4.79 Å². The first-order valence-electron chi connectivity index (χ1n) is 4.89. The van der Waals surface area contributed by atoms with Crippen LogP contribution in [0.5, 0.6) is 0 Å². The summed E-state index contributed by atoms with van der Waals surface area (Å²) in [6.45, 7) is 1.31. The zero-order chi connectivity index (χ0) is 13.0. The quantitative estimate of drug-likeness (QED) is 0.775. The van der Waals surface area contributed by atoms with E-state index in [1.807, 2.05) is 0 Å². The monoisotopic (exact) mass is 301 g/mol. The summed E-state index contributed by atoms with van der Waals surface area (Å²) in [6.07, 6.45) is -1.16. The summed E-state index contributed by atoms with van der Waals surface area (Å²) < 4.78 is 0.717. The molecule has 1 aromatic carbocycles. The molecule has 0 aliphatic rings. The molecule has 17 heavy (non-hydrogen) atoms. The van der Waals surface area contributed by atoms with E-state index < -0.39 is 24.0 Å². The van der Waals surface area contributed by atoms with Gasteiger partial charge in [0.1, 0.15) is 0 Å². The Morgan fingerprint density at radius 2 is 2.06 bits per heavy atom. The van der Waals surface area contributed by atoms with Crippen LogP contribution >= 0.6 is 15.9 Å². The number of carbonyl (C=O) groups is 2. The minimum Gasteiger partial charge on any atom is -0.480 e. The van der Waals surface area contributed by atoms with Crippen LogP contribution in [0.15, 0.2) is 28.7 Å². The highest BCUT2D eigenvalue weighted by Crippen LogP contribution is 2.11. The van der Waals surface area contributed by atoms with Crippen LogP contribution in [-0.4, -0.2) is 34.2 Å². The second kappa shape index (κ2) is 5.79. The highest BCUT2D eigenvalue weighted by molar-refractivity contribution is 9.10. The zero-order valence-electron chi connectivity index (χ0n) is 9.05. The minimum atomic E-state index is -1.32. The number of aliphatic hydroxyl groups excluding tert-OH is 1. The third-order valence-electron chi connectivity index (χ3n) is 2.12. The summed E-state index contributed by atoms with van der Waals surface area (Å²) in [5.74, 6) is -1.82. The molecule has 1 rings (SSSR count). The predicted molar refractivity (Wildman–Crippen MR) is 64.7 cm³/mol. The van der Waals surface area contributed by atoms with Crippen LogP contribution in [0.4, 0.5) is 0 Å². The van der Waals surface area contributed by atoms with Gasteiger partial charge in [-0.05, 0) is 25.1 Å². The smallest absolute Gasteiger partial charge is 0.328 e. The molecule has 0 fully saturated rings. The molecule has 2 atom stereocenters. The molecule has 0 radical (unpaired) electrons. The summed E-state index contributed by atoms with van der Waals surface area (Å²) >= 11 is 3.21. The van der Waals surface area contributed by atoms with Gasteiger partial charge in [0.2, 0.25) is 0 Å². The Morgan fingerprint density at radius 1 is 1.41 bits per heavy atom. The van der Waals surface area contributed by atoms with Gasteiger partial charge in [-0.1, -0.05) is 22.0 Å². The van der Waals surface area contributed by atoms with Crippen LogP contribution in [0.3, 0.4) is 0 Å². The molecule has 0 bridgehead atoms. The van der Waals surface area contributed by atoms with Crippen molar-refractivity contribution in [3.8, 4) is 0 Å². The first kappa shape index (κ1) is 13.7. The lowest BCUT2D eigenvalue weighted by Crippen LogP contribution is -2.47. The minimum absolute atomic E-state index is 0.325. The van der Waals surface area contributed by atoms with Crippen molar-refractivity contribution in [3.05, 3.63) is 34.3 Å². The summed E-state index contributed by atoms with van der Waals surface area (Å²) in [5.41, 5.74) is 0.325. The van der Waals surface area contributed by atoms with E-state index in [2.05, 4.69) is 21.2 Å². The molecule has 0 spiro atoms. The van der Waals surface area contributed by atoms with Gasteiger partial charge < -0.3 is 15.5 Å². The Kier molecular flexibility index (Phi) is 4.65. The molecule has 0 saturated heterocycles. The molecule has 0 aliphatic heterocycles. The predicted octanol–water partition coefficient (Wildman–Crippen LogP) is 1.01. The summed E-state index contributed by atoms with van der Waals surface area (Å²) in [4.78, 5) is 22.5. The van der Waals surface area contributed by atoms with E-state index in [4.69, 9.17) is 5.11 Å². The average molecular weight is 302 g/mol. The molecule has 0 aliphatic carbocycles. The molecule has 6 heteroatoms. The van der Waals surface area contributed by atoms with Crippen LogP contribution in [0, 0.1) is 0 Å². The van der Waals surface area contributed by atoms with Gasteiger partial charge in [-0.2, -0.15) is 0 Å². The Labute approximate surface area is 107 Å². The van der Waals surface area contributed by atoms with Crippen molar-refractivity contribution in [3.63, 3.8) is 0 Å². The highest BCUT2D eigenvalue weighted by Gasteiger charge is 2.25. The van der Waals surface area contributed by atoms with E-state index in [1.54, 1.807) is 24.3 Å². The number of aliphatic hydroxyl groups is 1. The number of rotatable bonds is 4. The van der Waals surface area contributed by atoms with Crippen molar-refractivity contribution in [1.29, 1.82) is 0 Å². The Morgan fingerprint density at radius 3 is 2.53 bits per heavy atom. The average Bonchev–Trinajstić information content (AvgIpc) is 2.24. The molecule has 2 unspecified atom stereocenters. The molecule has 0 aromatic heterocycles. The van der Waals surface area contributed by atoms with Crippen molar-refractivity contribution >= 4 is 27.8 Å². The fourth-order valence-corrected chi connectivity index (χ4v) is 1.64. The lowest BCUT2D eigenvalue weighted by atomic mass is 10.1. The van der Waals surface area contributed by atoms with Crippen LogP contribution in [0.2, 0.25) is 0 Å². The molecule has 92 valence electrons. The maximum Gasteiger partial charge on any atom is 0.328 e. The molecule has 0 heterocycles. The number of halogens is 1. The molecular weight excluding hydrogens is 290 g/mol. The molecule has 0 saturated carbocycles. The maximum absolute atomic E-state index is 11.7. The van der Waals surface area contributed by atoms with Crippen molar-refractivity contribution < 1.29 is 19.8 Å². The highest BCUT2D eigenvalue weighted by atomic mass is 79.9. The zero-order valence-corrected chi connectivity index (χ0v) is 10.6. The van der Waals surface area contributed by atoms with Gasteiger partial charge >= 0.3 is 5.97 Å². The maximum atomic E-state index is 11.7. The SMILES string of the molecule is CC(O)C(NC(=O)c1cccc(Br)c1)C(=O)O. The number of carboxylic acid groups (broad SMARTS) is 1. The van der Waals surface area contributed by atoms with E-state index in [0.29, 0.717) is 10.0 Å². The summed E-state index contributed by atoms with van der Waals surface area (Å²) in [5, 5.41) is 20.3. The van der Waals surface area contributed by atoms with Gasteiger partial charge in [0.15, 0.2) is 6.04 Å². The largest absolute Gasteiger partial charge is 0.480 e.